The molecule has 2 aromatic rings. The number of barbiturate groups is 1. The average Bonchev–Trinajstić information content (AvgIpc) is 2.68. The Hall–Kier alpha value is -3.65. The summed E-state index contributed by atoms with van der Waals surface area (Å²) in [5.41, 5.74) is 0.794. The highest BCUT2D eigenvalue weighted by Crippen LogP contribution is 2.27. The van der Waals surface area contributed by atoms with Crippen LogP contribution >= 0.6 is 11.6 Å². The number of benzene rings is 2. The zero-order valence-corrected chi connectivity index (χ0v) is 16.8. The summed E-state index contributed by atoms with van der Waals surface area (Å²) < 4.78 is 5.28. The van der Waals surface area contributed by atoms with Crippen molar-refractivity contribution in [3.8, 4) is 5.75 Å². The van der Waals surface area contributed by atoms with E-state index in [0.717, 1.165) is 10.5 Å². The summed E-state index contributed by atoms with van der Waals surface area (Å²) in [7, 11) is 0. The Morgan fingerprint density at radius 2 is 1.93 bits per heavy atom. The van der Waals surface area contributed by atoms with Gasteiger partial charge in [0.05, 0.1) is 12.3 Å². The van der Waals surface area contributed by atoms with Crippen LogP contribution in [0, 0.1) is 6.92 Å². The molecule has 0 radical (unpaired) electrons. The summed E-state index contributed by atoms with van der Waals surface area (Å²) in [6, 6.07) is 7.95. The summed E-state index contributed by atoms with van der Waals surface area (Å²) in [6.07, 6.45) is 1.22. The first-order valence-corrected chi connectivity index (χ1v) is 9.28. The normalized spacial score (nSPS) is 15.4. The number of nitrogens with zero attached hydrogens (tertiary/aromatic N) is 1. The summed E-state index contributed by atoms with van der Waals surface area (Å²) in [4.78, 5) is 49.8. The van der Waals surface area contributed by atoms with Crippen LogP contribution in [0.15, 0.2) is 42.0 Å². The summed E-state index contributed by atoms with van der Waals surface area (Å²) >= 11 is 6.09. The Morgan fingerprint density at radius 3 is 2.57 bits per heavy atom. The molecule has 1 heterocycles. The van der Waals surface area contributed by atoms with Crippen molar-refractivity contribution in [1.82, 2.24) is 5.32 Å². The van der Waals surface area contributed by atoms with E-state index in [0.29, 0.717) is 5.02 Å². The van der Waals surface area contributed by atoms with Gasteiger partial charge in [-0.1, -0.05) is 23.7 Å². The molecule has 1 saturated heterocycles. The number of aromatic carboxylic acids is 1. The number of urea groups is 1. The van der Waals surface area contributed by atoms with E-state index in [9.17, 15) is 24.3 Å². The van der Waals surface area contributed by atoms with E-state index in [1.165, 1.54) is 36.4 Å². The quantitative estimate of drug-likeness (QED) is 0.557. The fourth-order valence-electron chi connectivity index (χ4n) is 2.87. The number of carboxylic acid groups (broad SMARTS) is 1. The molecule has 0 spiro atoms. The molecular weight excluding hydrogens is 412 g/mol. The first-order chi connectivity index (χ1) is 14.2. The van der Waals surface area contributed by atoms with Crippen LogP contribution in [-0.4, -0.2) is 35.5 Å². The zero-order chi connectivity index (χ0) is 22.0. The highest BCUT2D eigenvalue weighted by molar-refractivity contribution is 6.39. The van der Waals surface area contributed by atoms with Gasteiger partial charge in [0.1, 0.15) is 16.9 Å². The third kappa shape index (κ3) is 4.04. The second-order valence-electron chi connectivity index (χ2n) is 6.39. The molecule has 0 unspecified atom stereocenters. The third-order valence-electron chi connectivity index (χ3n) is 4.36. The Kier molecular flexibility index (Phi) is 5.89. The molecule has 0 bridgehead atoms. The number of carbonyl (C=O) groups excluding carboxylic acids is 3. The number of aryl methyl sites for hydroxylation is 1. The van der Waals surface area contributed by atoms with E-state index in [4.69, 9.17) is 16.3 Å². The number of hydrogen-bond donors (Lipinski definition) is 2. The van der Waals surface area contributed by atoms with E-state index in [1.54, 1.807) is 19.9 Å². The number of carbonyl (C=O) groups is 4. The predicted molar refractivity (Wildman–Crippen MR) is 110 cm³/mol. The minimum atomic E-state index is -1.22. The number of halogens is 1. The van der Waals surface area contributed by atoms with Crippen molar-refractivity contribution < 1.29 is 29.0 Å². The molecule has 154 valence electrons. The molecule has 2 N–H and O–H groups in total. The number of carboxylic acids is 1. The lowest BCUT2D eigenvalue weighted by molar-refractivity contribution is -0.122. The molecule has 0 saturated carbocycles. The largest absolute Gasteiger partial charge is 0.493 e. The molecule has 8 nitrogen and oxygen atoms in total. The number of anilines is 1. The van der Waals surface area contributed by atoms with Crippen LogP contribution < -0.4 is 15.0 Å². The number of imide groups is 2. The van der Waals surface area contributed by atoms with Gasteiger partial charge in [0.2, 0.25) is 0 Å². The van der Waals surface area contributed by atoms with Crippen molar-refractivity contribution in [3.63, 3.8) is 0 Å². The highest BCUT2D eigenvalue weighted by Gasteiger charge is 2.37. The molecule has 0 aromatic heterocycles. The van der Waals surface area contributed by atoms with Gasteiger partial charge in [0, 0.05) is 5.02 Å². The lowest BCUT2D eigenvalue weighted by Crippen LogP contribution is -2.54. The van der Waals surface area contributed by atoms with Crippen LogP contribution in [0.2, 0.25) is 5.02 Å². The summed E-state index contributed by atoms with van der Waals surface area (Å²) in [5, 5.41) is 11.8. The maximum absolute atomic E-state index is 12.9. The lowest BCUT2D eigenvalue weighted by atomic mass is 10.0. The van der Waals surface area contributed by atoms with E-state index in [-0.39, 0.29) is 34.7 Å². The SMILES string of the molecule is CCOc1ccc(C=C2C(=O)NC(=O)N(c3ccc(C)c(Cl)c3)C2=O)cc1C(=O)O. The van der Waals surface area contributed by atoms with Crippen LogP contribution in [0.5, 0.6) is 5.75 Å². The molecule has 0 aliphatic carbocycles. The maximum Gasteiger partial charge on any atom is 0.339 e. The number of rotatable bonds is 5. The number of nitrogens with one attached hydrogen (secondary N) is 1. The molecule has 3 rings (SSSR count). The average molecular weight is 429 g/mol. The lowest BCUT2D eigenvalue weighted by Gasteiger charge is -2.26. The smallest absolute Gasteiger partial charge is 0.339 e. The Labute approximate surface area is 176 Å². The molecule has 9 heteroatoms. The van der Waals surface area contributed by atoms with Crippen molar-refractivity contribution in [1.29, 1.82) is 0 Å². The fourth-order valence-corrected chi connectivity index (χ4v) is 3.04. The van der Waals surface area contributed by atoms with Crippen LogP contribution in [0.25, 0.3) is 6.08 Å². The third-order valence-corrected chi connectivity index (χ3v) is 4.77. The first-order valence-electron chi connectivity index (χ1n) is 8.90. The fraction of sp³-hybridized carbons (Fsp3) is 0.143. The number of amides is 4. The van der Waals surface area contributed by atoms with Gasteiger partial charge in [0.25, 0.3) is 11.8 Å². The van der Waals surface area contributed by atoms with Gasteiger partial charge < -0.3 is 9.84 Å². The minimum Gasteiger partial charge on any atom is -0.493 e. The second-order valence-corrected chi connectivity index (χ2v) is 6.79. The topological polar surface area (TPSA) is 113 Å². The van der Waals surface area contributed by atoms with Gasteiger partial charge in [-0.25, -0.2) is 14.5 Å². The molecule has 30 heavy (non-hydrogen) atoms. The highest BCUT2D eigenvalue weighted by atomic mass is 35.5. The number of hydrogen-bond acceptors (Lipinski definition) is 5. The monoisotopic (exact) mass is 428 g/mol. The van der Waals surface area contributed by atoms with Gasteiger partial charge in [0.15, 0.2) is 0 Å². The van der Waals surface area contributed by atoms with Crippen molar-refractivity contribution in [3.05, 3.63) is 63.7 Å². The predicted octanol–water partition coefficient (Wildman–Crippen LogP) is 3.41. The van der Waals surface area contributed by atoms with Gasteiger partial charge in [-0.2, -0.15) is 0 Å². The van der Waals surface area contributed by atoms with Crippen LogP contribution in [0.1, 0.15) is 28.4 Å². The molecule has 4 amide bonds. The van der Waals surface area contributed by atoms with Gasteiger partial charge in [-0.15, -0.1) is 0 Å². The molecule has 1 aliphatic heterocycles. The van der Waals surface area contributed by atoms with Crippen LogP contribution in [-0.2, 0) is 9.59 Å². The molecule has 1 aliphatic rings. The molecule has 2 aromatic carbocycles. The van der Waals surface area contributed by atoms with Crippen molar-refractivity contribution >= 4 is 47.2 Å². The zero-order valence-electron chi connectivity index (χ0n) is 16.1. The van der Waals surface area contributed by atoms with E-state index in [1.807, 2.05) is 0 Å². The second kappa shape index (κ2) is 8.38. The Bertz CT molecular complexity index is 1110. The molecule has 1 fully saturated rings. The van der Waals surface area contributed by atoms with E-state index in [2.05, 4.69) is 5.32 Å². The van der Waals surface area contributed by atoms with Crippen molar-refractivity contribution in [2.24, 2.45) is 0 Å². The van der Waals surface area contributed by atoms with E-state index >= 15 is 0 Å². The first kappa shape index (κ1) is 21.1. The van der Waals surface area contributed by atoms with Crippen molar-refractivity contribution in [2.75, 3.05) is 11.5 Å². The standard InChI is InChI=1S/C21H17ClN2O6/c1-3-30-17-7-5-12(8-14(17)20(27)28)9-15-18(25)23-21(29)24(19(15)26)13-6-4-11(2)16(22)10-13/h4-10H,3H2,1-2H3,(H,27,28)(H,23,25,29). The number of ether oxygens (including phenoxy) is 1. The van der Waals surface area contributed by atoms with Crippen molar-refractivity contribution in [2.45, 2.75) is 13.8 Å². The minimum absolute atomic E-state index is 0.117. The van der Waals surface area contributed by atoms with E-state index < -0.39 is 23.8 Å². The van der Waals surface area contributed by atoms with Gasteiger partial charge in [-0.3, -0.25) is 14.9 Å². The maximum atomic E-state index is 12.9. The Morgan fingerprint density at radius 1 is 1.20 bits per heavy atom. The van der Waals surface area contributed by atoms with Gasteiger partial charge in [-0.05, 0) is 55.3 Å². The molecular formula is C21H17ClN2O6. The summed E-state index contributed by atoms with van der Waals surface area (Å²) in [5.74, 6) is -2.79. The molecule has 0 atom stereocenters. The Balaban J connectivity index is 2.03. The van der Waals surface area contributed by atoms with Gasteiger partial charge >= 0.3 is 12.0 Å². The van der Waals surface area contributed by atoms with Crippen LogP contribution in [0.4, 0.5) is 10.5 Å². The van der Waals surface area contributed by atoms with Crippen LogP contribution in [0.3, 0.4) is 0 Å². The summed E-state index contributed by atoms with van der Waals surface area (Å²) in [6.45, 7) is 3.76.